The van der Waals surface area contributed by atoms with Gasteiger partial charge in [-0.2, -0.15) is 5.26 Å². The average molecular weight is 485 g/mol. The topological polar surface area (TPSA) is 72.5 Å². The number of nitrogens with zero attached hydrogens (tertiary/aromatic N) is 1. The first kappa shape index (κ1) is 23.3. The summed E-state index contributed by atoms with van der Waals surface area (Å²) in [6, 6.07) is 15.6. The van der Waals surface area contributed by atoms with Crippen LogP contribution in [0, 0.1) is 28.9 Å². The fourth-order valence-corrected chi connectivity index (χ4v) is 4.06. The Bertz CT molecular complexity index is 1580. The summed E-state index contributed by atoms with van der Waals surface area (Å²) in [4.78, 5) is 12.7. The van der Waals surface area contributed by atoms with Gasteiger partial charge in [0, 0.05) is 22.6 Å². The molecule has 1 heterocycles. The van der Waals surface area contributed by atoms with Gasteiger partial charge in [-0.25, -0.2) is 13.6 Å². The van der Waals surface area contributed by atoms with Crippen molar-refractivity contribution in [3.05, 3.63) is 93.5 Å². The van der Waals surface area contributed by atoms with Crippen molar-refractivity contribution in [2.24, 2.45) is 5.92 Å². The maximum atomic E-state index is 15.1. The SMILES string of the molecule is COc1cccc(C=Cc2oc(=O)c3cc(F)cc(F)c3c2-c2ccc(C#N)cc2)c1OCC1CC1. The van der Waals surface area contributed by atoms with Crippen LogP contribution in [-0.2, 0) is 0 Å². The Morgan fingerprint density at radius 3 is 2.58 bits per heavy atom. The summed E-state index contributed by atoms with van der Waals surface area (Å²) in [6.45, 7) is 0.569. The second kappa shape index (κ2) is 9.67. The van der Waals surface area contributed by atoms with E-state index in [2.05, 4.69) is 0 Å². The molecule has 180 valence electrons. The van der Waals surface area contributed by atoms with Crippen molar-refractivity contribution in [1.82, 2.24) is 0 Å². The van der Waals surface area contributed by atoms with Gasteiger partial charge in [0.05, 0.1) is 30.7 Å². The van der Waals surface area contributed by atoms with E-state index in [0.29, 0.717) is 40.7 Å². The Morgan fingerprint density at radius 2 is 1.89 bits per heavy atom. The smallest absolute Gasteiger partial charge is 0.344 e. The number of hydrogen-bond donors (Lipinski definition) is 0. The van der Waals surface area contributed by atoms with Gasteiger partial charge >= 0.3 is 5.63 Å². The molecule has 0 N–H and O–H groups in total. The molecule has 1 aromatic heterocycles. The van der Waals surface area contributed by atoms with Crippen LogP contribution in [-0.4, -0.2) is 13.7 Å². The van der Waals surface area contributed by atoms with Gasteiger partial charge in [0.15, 0.2) is 11.5 Å². The van der Waals surface area contributed by atoms with E-state index in [-0.39, 0.29) is 22.1 Å². The van der Waals surface area contributed by atoms with Gasteiger partial charge < -0.3 is 13.9 Å². The van der Waals surface area contributed by atoms with E-state index in [0.717, 1.165) is 25.0 Å². The van der Waals surface area contributed by atoms with Crippen LogP contribution >= 0.6 is 0 Å². The summed E-state index contributed by atoms with van der Waals surface area (Å²) >= 11 is 0. The number of methoxy groups -OCH3 is 1. The summed E-state index contributed by atoms with van der Waals surface area (Å²) < 4.78 is 46.1. The van der Waals surface area contributed by atoms with Gasteiger partial charge in [0.1, 0.15) is 17.4 Å². The number of rotatable bonds is 7. The third-order valence-electron chi connectivity index (χ3n) is 6.08. The summed E-state index contributed by atoms with van der Waals surface area (Å²) in [5.74, 6) is -0.0432. The molecule has 36 heavy (non-hydrogen) atoms. The van der Waals surface area contributed by atoms with Crippen LogP contribution in [0.3, 0.4) is 0 Å². The van der Waals surface area contributed by atoms with Crippen molar-refractivity contribution in [2.45, 2.75) is 12.8 Å². The van der Waals surface area contributed by atoms with Gasteiger partial charge in [-0.15, -0.1) is 0 Å². The number of ether oxygens (including phenoxy) is 2. The highest BCUT2D eigenvalue weighted by Gasteiger charge is 2.23. The first-order chi connectivity index (χ1) is 17.5. The predicted molar refractivity (Wildman–Crippen MR) is 133 cm³/mol. The molecule has 0 aliphatic heterocycles. The maximum absolute atomic E-state index is 15.1. The first-order valence-corrected chi connectivity index (χ1v) is 11.4. The highest BCUT2D eigenvalue weighted by molar-refractivity contribution is 6.00. The van der Waals surface area contributed by atoms with Crippen LogP contribution in [0.5, 0.6) is 11.5 Å². The molecule has 1 fully saturated rings. The fraction of sp³-hybridized carbons (Fsp3) is 0.172. The Balaban J connectivity index is 1.68. The van der Waals surface area contributed by atoms with E-state index in [4.69, 9.17) is 19.2 Å². The van der Waals surface area contributed by atoms with Crippen molar-refractivity contribution in [3.8, 4) is 28.7 Å². The molecule has 5 rings (SSSR count). The third-order valence-corrected chi connectivity index (χ3v) is 6.08. The van der Waals surface area contributed by atoms with E-state index >= 15 is 4.39 Å². The molecule has 1 saturated carbocycles. The standard InChI is InChI=1S/C29H21F2NO4/c1-34-25-4-2-3-20(28(25)35-16-18-5-6-18)11-12-24-26(19-9-7-17(15-32)8-10-19)27-22(29(33)36-24)13-21(30)14-23(27)31/h2-4,7-14,18H,5-6,16H2,1H3. The molecule has 0 spiro atoms. The quantitative estimate of drug-likeness (QED) is 0.296. The van der Waals surface area contributed by atoms with Gasteiger partial charge in [-0.05, 0) is 60.7 Å². The molecule has 0 unspecified atom stereocenters. The number of halogens is 2. The minimum absolute atomic E-state index is 0.0622. The van der Waals surface area contributed by atoms with Crippen LogP contribution in [0.2, 0.25) is 0 Å². The monoisotopic (exact) mass is 485 g/mol. The predicted octanol–water partition coefficient (Wildman–Crippen LogP) is 6.58. The number of hydrogen-bond acceptors (Lipinski definition) is 5. The maximum Gasteiger partial charge on any atom is 0.344 e. The molecule has 1 aliphatic rings. The molecule has 5 nitrogen and oxygen atoms in total. The first-order valence-electron chi connectivity index (χ1n) is 11.4. The Labute approximate surface area is 205 Å². The van der Waals surface area contributed by atoms with Crippen LogP contribution in [0.25, 0.3) is 34.1 Å². The highest BCUT2D eigenvalue weighted by atomic mass is 19.1. The van der Waals surface area contributed by atoms with E-state index < -0.39 is 17.3 Å². The lowest BCUT2D eigenvalue weighted by atomic mass is 9.96. The average Bonchev–Trinajstić information content (AvgIpc) is 3.71. The molecule has 0 saturated heterocycles. The van der Waals surface area contributed by atoms with E-state index in [1.54, 1.807) is 49.6 Å². The molecule has 0 atom stereocenters. The normalized spacial score (nSPS) is 13.2. The third kappa shape index (κ3) is 4.58. The number of fused-ring (bicyclic) bond motifs is 1. The Kier molecular flexibility index (Phi) is 6.26. The second-order valence-corrected chi connectivity index (χ2v) is 8.59. The summed E-state index contributed by atoms with van der Waals surface area (Å²) in [5.41, 5.74) is 1.01. The molecule has 4 aromatic rings. The number of nitriles is 1. The minimum atomic E-state index is -0.887. The number of benzene rings is 3. The van der Waals surface area contributed by atoms with Gasteiger partial charge in [-0.1, -0.05) is 24.3 Å². The molecular formula is C29H21F2NO4. The summed E-state index contributed by atoms with van der Waals surface area (Å²) in [5, 5.41) is 8.88. The Hall–Kier alpha value is -4.44. The molecule has 0 bridgehead atoms. The lowest BCUT2D eigenvalue weighted by Gasteiger charge is -2.13. The van der Waals surface area contributed by atoms with Gasteiger partial charge in [0.25, 0.3) is 0 Å². The lowest BCUT2D eigenvalue weighted by molar-refractivity contribution is 0.280. The molecule has 0 radical (unpaired) electrons. The van der Waals surface area contributed by atoms with E-state index in [1.165, 1.54) is 0 Å². The zero-order chi connectivity index (χ0) is 25.2. The van der Waals surface area contributed by atoms with Crippen molar-refractivity contribution in [2.75, 3.05) is 13.7 Å². The van der Waals surface area contributed by atoms with Crippen molar-refractivity contribution >= 4 is 22.9 Å². The zero-order valence-electron chi connectivity index (χ0n) is 19.4. The van der Waals surface area contributed by atoms with Gasteiger partial charge in [0.2, 0.25) is 0 Å². The molecule has 7 heteroatoms. The van der Waals surface area contributed by atoms with Crippen LogP contribution in [0.1, 0.15) is 29.7 Å². The minimum Gasteiger partial charge on any atom is -0.493 e. The Morgan fingerprint density at radius 1 is 1.11 bits per heavy atom. The highest BCUT2D eigenvalue weighted by Crippen LogP contribution is 2.37. The molecule has 0 amide bonds. The van der Waals surface area contributed by atoms with E-state index in [9.17, 15) is 9.18 Å². The van der Waals surface area contributed by atoms with Crippen LogP contribution in [0.4, 0.5) is 8.78 Å². The summed E-state index contributed by atoms with van der Waals surface area (Å²) in [6.07, 6.45) is 5.50. The lowest BCUT2D eigenvalue weighted by Crippen LogP contribution is -2.05. The van der Waals surface area contributed by atoms with Crippen LogP contribution < -0.4 is 15.1 Å². The second-order valence-electron chi connectivity index (χ2n) is 8.59. The zero-order valence-corrected chi connectivity index (χ0v) is 19.4. The molecule has 1 aliphatic carbocycles. The van der Waals surface area contributed by atoms with E-state index in [1.807, 2.05) is 18.2 Å². The number of para-hydroxylation sites is 1. The molecular weight excluding hydrogens is 464 g/mol. The van der Waals surface area contributed by atoms with Gasteiger partial charge in [-0.3, -0.25) is 0 Å². The fourth-order valence-electron chi connectivity index (χ4n) is 4.06. The molecule has 3 aromatic carbocycles. The largest absolute Gasteiger partial charge is 0.493 e. The van der Waals surface area contributed by atoms with Crippen LogP contribution in [0.15, 0.2) is 63.8 Å². The van der Waals surface area contributed by atoms with Crippen molar-refractivity contribution in [1.29, 1.82) is 5.26 Å². The van der Waals surface area contributed by atoms with Crippen molar-refractivity contribution in [3.63, 3.8) is 0 Å². The summed E-state index contributed by atoms with van der Waals surface area (Å²) in [7, 11) is 1.56. The van der Waals surface area contributed by atoms with Crippen molar-refractivity contribution < 1.29 is 22.7 Å².